The summed E-state index contributed by atoms with van der Waals surface area (Å²) in [5, 5.41) is 13.2. The zero-order valence-corrected chi connectivity index (χ0v) is 18.5. The Balaban J connectivity index is 1.72. The van der Waals surface area contributed by atoms with Gasteiger partial charge in [-0.25, -0.2) is 0 Å². The SMILES string of the molecule is CCOc1cc(/C=C(\C#N)C(=O)NC2CCCCC2)ccc1OCc1ccc(Cl)cc1. The highest BCUT2D eigenvalue weighted by Gasteiger charge is 2.18. The van der Waals surface area contributed by atoms with Gasteiger partial charge in [0.1, 0.15) is 18.2 Å². The van der Waals surface area contributed by atoms with Crippen LogP contribution in [0.2, 0.25) is 5.02 Å². The van der Waals surface area contributed by atoms with E-state index >= 15 is 0 Å². The molecule has 0 unspecified atom stereocenters. The molecule has 0 atom stereocenters. The van der Waals surface area contributed by atoms with Crippen LogP contribution in [0.4, 0.5) is 0 Å². The van der Waals surface area contributed by atoms with Gasteiger partial charge in [-0.05, 0) is 61.2 Å². The number of carbonyl (C=O) groups excluding carboxylic acids is 1. The first-order chi connectivity index (χ1) is 15.1. The summed E-state index contributed by atoms with van der Waals surface area (Å²) in [4.78, 5) is 12.5. The molecule has 0 aromatic heterocycles. The van der Waals surface area contributed by atoms with Gasteiger partial charge in [-0.2, -0.15) is 5.26 Å². The number of amides is 1. The van der Waals surface area contributed by atoms with E-state index in [-0.39, 0.29) is 17.5 Å². The number of nitrogens with zero attached hydrogens (tertiary/aromatic N) is 1. The van der Waals surface area contributed by atoms with Crippen molar-refractivity contribution in [2.45, 2.75) is 51.7 Å². The molecular formula is C25H27ClN2O3. The largest absolute Gasteiger partial charge is 0.490 e. The van der Waals surface area contributed by atoms with E-state index in [1.54, 1.807) is 18.2 Å². The van der Waals surface area contributed by atoms with Crippen molar-refractivity contribution in [3.63, 3.8) is 0 Å². The fourth-order valence-electron chi connectivity index (χ4n) is 3.57. The van der Waals surface area contributed by atoms with Crippen molar-refractivity contribution in [3.05, 3.63) is 64.2 Å². The summed E-state index contributed by atoms with van der Waals surface area (Å²) in [5.74, 6) is 0.838. The first-order valence-electron chi connectivity index (χ1n) is 10.7. The number of ether oxygens (including phenoxy) is 2. The van der Waals surface area contributed by atoms with E-state index in [2.05, 4.69) is 5.32 Å². The lowest BCUT2D eigenvalue weighted by molar-refractivity contribution is -0.117. The average Bonchev–Trinajstić information content (AvgIpc) is 2.79. The van der Waals surface area contributed by atoms with Gasteiger partial charge in [0.25, 0.3) is 5.91 Å². The van der Waals surface area contributed by atoms with Crippen molar-refractivity contribution >= 4 is 23.6 Å². The minimum Gasteiger partial charge on any atom is -0.490 e. The molecule has 0 bridgehead atoms. The van der Waals surface area contributed by atoms with E-state index in [1.165, 1.54) is 6.42 Å². The number of carbonyl (C=O) groups is 1. The van der Waals surface area contributed by atoms with Crippen LogP contribution < -0.4 is 14.8 Å². The standard InChI is InChI=1S/C25H27ClN2O3/c1-2-30-24-15-19(10-13-23(24)31-17-18-8-11-21(26)12-9-18)14-20(16-27)25(29)28-22-6-4-3-5-7-22/h8-15,22H,2-7,17H2,1H3,(H,28,29)/b20-14+. The summed E-state index contributed by atoms with van der Waals surface area (Å²) in [6.07, 6.45) is 6.97. The highest BCUT2D eigenvalue weighted by Crippen LogP contribution is 2.30. The zero-order chi connectivity index (χ0) is 22.1. The van der Waals surface area contributed by atoms with Gasteiger partial charge in [0.05, 0.1) is 6.61 Å². The van der Waals surface area contributed by atoms with Crippen LogP contribution >= 0.6 is 11.6 Å². The van der Waals surface area contributed by atoms with Crippen LogP contribution in [-0.4, -0.2) is 18.6 Å². The molecule has 0 heterocycles. The van der Waals surface area contributed by atoms with Crippen molar-refractivity contribution in [2.24, 2.45) is 0 Å². The van der Waals surface area contributed by atoms with Crippen LogP contribution in [0.1, 0.15) is 50.2 Å². The maximum absolute atomic E-state index is 12.5. The maximum atomic E-state index is 12.5. The Morgan fingerprint density at radius 3 is 2.55 bits per heavy atom. The predicted octanol–water partition coefficient (Wildman–Crippen LogP) is 5.67. The van der Waals surface area contributed by atoms with Crippen LogP contribution in [0.5, 0.6) is 11.5 Å². The molecule has 5 nitrogen and oxygen atoms in total. The van der Waals surface area contributed by atoms with Crippen LogP contribution in [0, 0.1) is 11.3 Å². The summed E-state index contributed by atoms with van der Waals surface area (Å²) >= 11 is 5.93. The fraction of sp³-hybridized carbons (Fsp3) is 0.360. The van der Waals surface area contributed by atoms with Crippen molar-refractivity contribution < 1.29 is 14.3 Å². The maximum Gasteiger partial charge on any atom is 0.262 e. The lowest BCUT2D eigenvalue weighted by Gasteiger charge is -2.22. The Morgan fingerprint density at radius 2 is 1.87 bits per heavy atom. The second-order valence-electron chi connectivity index (χ2n) is 7.53. The summed E-state index contributed by atoms with van der Waals surface area (Å²) in [7, 11) is 0. The normalized spacial score (nSPS) is 14.5. The highest BCUT2D eigenvalue weighted by molar-refractivity contribution is 6.30. The first kappa shape index (κ1) is 22.7. The molecule has 2 aromatic rings. The third-order valence-corrected chi connectivity index (χ3v) is 5.44. The third-order valence-electron chi connectivity index (χ3n) is 5.19. The van der Waals surface area contributed by atoms with Crippen LogP contribution in [0.15, 0.2) is 48.0 Å². The van der Waals surface area contributed by atoms with Gasteiger partial charge in [0.2, 0.25) is 0 Å². The molecule has 2 aromatic carbocycles. The fourth-order valence-corrected chi connectivity index (χ4v) is 3.70. The number of rotatable bonds is 8. The second-order valence-corrected chi connectivity index (χ2v) is 7.97. The molecule has 1 N–H and O–H groups in total. The van der Waals surface area contributed by atoms with Gasteiger partial charge in [0.15, 0.2) is 11.5 Å². The van der Waals surface area contributed by atoms with Gasteiger partial charge in [0, 0.05) is 11.1 Å². The van der Waals surface area contributed by atoms with E-state index in [0.717, 1.165) is 31.2 Å². The molecule has 1 saturated carbocycles. The molecule has 1 aliphatic carbocycles. The lowest BCUT2D eigenvalue weighted by atomic mass is 9.95. The lowest BCUT2D eigenvalue weighted by Crippen LogP contribution is -2.36. The summed E-state index contributed by atoms with van der Waals surface area (Å²) in [6, 6.07) is 15.0. The molecule has 1 fully saturated rings. The Labute approximate surface area is 188 Å². The van der Waals surface area contributed by atoms with Crippen molar-refractivity contribution in [3.8, 4) is 17.6 Å². The van der Waals surface area contributed by atoms with Gasteiger partial charge in [-0.1, -0.05) is 49.1 Å². The van der Waals surface area contributed by atoms with E-state index in [4.69, 9.17) is 21.1 Å². The second kappa shape index (κ2) is 11.4. The number of nitrogens with one attached hydrogen (secondary N) is 1. The Morgan fingerprint density at radius 1 is 1.13 bits per heavy atom. The Bertz CT molecular complexity index is 958. The highest BCUT2D eigenvalue weighted by atomic mass is 35.5. The number of hydrogen-bond acceptors (Lipinski definition) is 4. The average molecular weight is 439 g/mol. The summed E-state index contributed by atoms with van der Waals surface area (Å²) in [6.45, 7) is 2.74. The minimum absolute atomic E-state index is 0.0860. The van der Waals surface area contributed by atoms with E-state index in [1.807, 2.05) is 43.3 Å². The number of hydrogen-bond donors (Lipinski definition) is 1. The molecule has 1 aliphatic rings. The predicted molar refractivity (Wildman–Crippen MR) is 122 cm³/mol. The number of nitriles is 1. The van der Waals surface area contributed by atoms with Crippen LogP contribution in [0.25, 0.3) is 6.08 Å². The first-order valence-corrected chi connectivity index (χ1v) is 11.0. The molecule has 0 spiro atoms. The topological polar surface area (TPSA) is 71.3 Å². The Hall–Kier alpha value is -2.97. The zero-order valence-electron chi connectivity index (χ0n) is 17.7. The minimum atomic E-state index is -0.324. The Kier molecular flexibility index (Phi) is 8.37. The molecule has 3 rings (SSSR count). The smallest absolute Gasteiger partial charge is 0.262 e. The van der Waals surface area contributed by atoms with Gasteiger partial charge in [-0.3, -0.25) is 4.79 Å². The molecular weight excluding hydrogens is 412 g/mol. The molecule has 1 amide bonds. The van der Waals surface area contributed by atoms with Crippen molar-refractivity contribution in [1.82, 2.24) is 5.32 Å². The molecule has 0 saturated heterocycles. The van der Waals surface area contributed by atoms with Crippen molar-refractivity contribution in [2.75, 3.05) is 6.61 Å². The van der Waals surface area contributed by atoms with Gasteiger partial charge < -0.3 is 14.8 Å². The van der Waals surface area contributed by atoms with E-state index in [9.17, 15) is 10.1 Å². The molecule has 0 radical (unpaired) electrons. The van der Waals surface area contributed by atoms with Crippen molar-refractivity contribution in [1.29, 1.82) is 5.26 Å². The monoisotopic (exact) mass is 438 g/mol. The molecule has 162 valence electrons. The van der Waals surface area contributed by atoms with E-state index in [0.29, 0.717) is 35.3 Å². The third kappa shape index (κ3) is 6.77. The quantitative estimate of drug-likeness (QED) is 0.425. The van der Waals surface area contributed by atoms with Gasteiger partial charge in [-0.15, -0.1) is 0 Å². The van der Waals surface area contributed by atoms with E-state index < -0.39 is 0 Å². The molecule has 31 heavy (non-hydrogen) atoms. The summed E-state index contributed by atoms with van der Waals surface area (Å²) < 4.78 is 11.6. The number of benzene rings is 2. The molecule has 6 heteroatoms. The van der Waals surface area contributed by atoms with Crippen LogP contribution in [0.3, 0.4) is 0 Å². The number of halogens is 1. The molecule has 0 aliphatic heterocycles. The van der Waals surface area contributed by atoms with Crippen LogP contribution in [-0.2, 0) is 11.4 Å². The summed E-state index contributed by atoms with van der Waals surface area (Å²) in [5.41, 5.74) is 1.78. The van der Waals surface area contributed by atoms with Gasteiger partial charge >= 0.3 is 0 Å².